The van der Waals surface area contributed by atoms with E-state index >= 15 is 0 Å². The topological polar surface area (TPSA) is 38.3 Å². The zero-order valence-electron chi connectivity index (χ0n) is 10.4. The third kappa shape index (κ3) is 3.73. The summed E-state index contributed by atoms with van der Waals surface area (Å²) in [6, 6.07) is 4.35. The van der Waals surface area contributed by atoms with Crippen molar-refractivity contribution in [3.8, 4) is 0 Å². The smallest absolute Gasteiger partial charge is 0.328 e. The molecule has 0 saturated carbocycles. The lowest BCUT2D eigenvalue weighted by molar-refractivity contribution is -0.144. The molecule has 0 spiro atoms. The van der Waals surface area contributed by atoms with Gasteiger partial charge in [0.05, 0.1) is 12.3 Å². The van der Waals surface area contributed by atoms with E-state index in [1.165, 1.54) is 6.07 Å². The van der Waals surface area contributed by atoms with Gasteiger partial charge in [-0.1, -0.05) is 13.0 Å². The molecule has 1 N–H and O–H groups in total. The summed E-state index contributed by atoms with van der Waals surface area (Å²) in [5, 5.41) is 2.86. The Morgan fingerprint density at radius 1 is 1.47 bits per heavy atom. The average molecular weight is 239 g/mol. The molecule has 1 rings (SSSR count). The Balaban J connectivity index is 2.77. The predicted octanol–water partition coefficient (Wildman–Crippen LogP) is 2.89. The zero-order valence-corrected chi connectivity index (χ0v) is 10.4. The molecule has 0 aliphatic heterocycles. The SMILES string of the molecule is CCOC(=O)C(CC)Nc1ccc(C)cc1F. The van der Waals surface area contributed by atoms with Crippen molar-refractivity contribution in [3.63, 3.8) is 0 Å². The number of anilines is 1. The van der Waals surface area contributed by atoms with E-state index in [4.69, 9.17) is 4.74 Å². The number of aryl methyl sites for hydroxylation is 1. The van der Waals surface area contributed by atoms with Crippen LogP contribution in [0.25, 0.3) is 0 Å². The van der Waals surface area contributed by atoms with Crippen LogP contribution in [0.3, 0.4) is 0 Å². The van der Waals surface area contributed by atoms with Gasteiger partial charge in [0.2, 0.25) is 0 Å². The zero-order chi connectivity index (χ0) is 12.8. The lowest BCUT2D eigenvalue weighted by Gasteiger charge is -2.17. The van der Waals surface area contributed by atoms with Gasteiger partial charge in [-0.2, -0.15) is 0 Å². The lowest BCUT2D eigenvalue weighted by Crippen LogP contribution is -2.31. The van der Waals surface area contributed by atoms with Gasteiger partial charge in [0.1, 0.15) is 11.9 Å². The molecule has 0 heterocycles. The number of carbonyl (C=O) groups excluding carboxylic acids is 1. The van der Waals surface area contributed by atoms with Gasteiger partial charge < -0.3 is 10.1 Å². The quantitative estimate of drug-likeness (QED) is 0.803. The maximum absolute atomic E-state index is 13.6. The van der Waals surface area contributed by atoms with Crippen molar-refractivity contribution in [2.24, 2.45) is 0 Å². The van der Waals surface area contributed by atoms with E-state index in [2.05, 4.69) is 5.32 Å². The van der Waals surface area contributed by atoms with Gasteiger partial charge in [0.15, 0.2) is 0 Å². The van der Waals surface area contributed by atoms with E-state index < -0.39 is 6.04 Å². The van der Waals surface area contributed by atoms with E-state index in [-0.39, 0.29) is 11.8 Å². The number of rotatable bonds is 5. The van der Waals surface area contributed by atoms with Crippen LogP contribution in [-0.4, -0.2) is 18.6 Å². The molecule has 1 aromatic rings. The Labute approximate surface area is 101 Å². The highest BCUT2D eigenvalue weighted by Crippen LogP contribution is 2.17. The fraction of sp³-hybridized carbons (Fsp3) is 0.462. The first kappa shape index (κ1) is 13.5. The number of hydrogen-bond acceptors (Lipinski definition) is 3. The predicted molar refractivity (Wildman–Crippen MR) is 65.5 cm³/mol. The lowest BCUT2D eigenvalue weighted by atomic mass is 10.1. The molecule has 94 valence electrons. The minimum atomic E-state index is -0.507. The first-order chi connectivity index (χ1) is 8.08. The third-order valence-corrected chi connectivity index (χ3v) is 2.43. The maximum atomic E-state index is 13.6. The van der Waals surface area contributed by atoms with Gasteiger partial charge in [-0.15, -0.1) is 0 Å². The van der Waals surface area contributed by atoms with Gasteiger partial charge in [0, 0.05) is 0 Å². The average Bonchev–Trinajstić information content (AvgIpc) is 2.28. The summed E-state index contributed by atoms with van der Waals surface area (Å²) in [6.45, 7) is 5.74. The van der Waals surface area contributed by atoms with Gasteiger partial charge in [-0.3, -0.25) is 0 Å². The molecule has 0 bridgehead atoms. The number of benzene rings is 1. The van der Waals surface area contributed by atoms with Crippen LogP contribution in [-0.2, 0) is 9.53 Å². The first-order valence-corrected chi connectivity index (χ1v) is 5.77. The molecule has 0 fully saturated rings. The normalized spacial score (nSPS) is 12.0. The largest absolute Gasteiger partial charge is 0.464 e. The highest BCUT2D eigenvalue weighted by molar-refractivity contribution is 5.79. The highest BCUT2D eigenvalue weighted by atomic mass is 19.1. The number of nitrogens with one attached hydrogen (secondary N) is 1. The fourth-order valence-corrected chi connectivity index (χ4v) is 1.50. The first-order valence-electron chi connectivity index (χ1n) is 5.77. The van der Waals surface area contributed by atoms with Gasteiger partial charge in [0.25, 0.3) is 0 Å². The summed E-state index contributed by atoms with van der Waals surface area (Å²) in [4.78, 5) is 11.5. The molecular weight excluding hydrogens is 221 g/mol. The molecule has 0 aromatic heterocycles. The van der Waals surface area contributed by atoms with Crippen molar-refractivity contribution in [2.75, 3.05) is 11.9 Å². The van der Waals surface area contributed by atoms with Crippen LogP contribution >= 0.6 is 0 Å². The number of esters is 1. The fourth-order valence-electron chi connectivity index (χ4n) is 1.50. The molecule has 1 atom stereocenters. The number of ether oxygens (including phenoxy) is 1. The van der Waals surface area contributed by atoms with Crippen molar-refractivity contribution in [1.82, 2.24) is 0 Å². The van der Waals surface area contributed by atoms with Gasteiger partial charge >= 0.3 is 5.97 Å². The molecule has 0 radical (unpaired) electrons. The number of carbonyl (C=O) groups is 1. The van der Waals surface area contributed by atoms with E-state index in [9.17, 15) is 9.18 Å². The molecule has 3 nitrogen and oxygen atoms in total. The second-order valence-corrected chi connectivity index (χ2v) is 3.84. The standard InChI is InChI=1S/C13H18FNO2/c1-4-11(13(16)17-5-2)15-12-7-6-9(3)8-10(12)14/h6-8,11,15H,4-5H2,1-3H3. The highest BCUT2D eigenvalue weighted by Gasteiger charge is 2.18. The van der Waals surface area contributed by atoms with E-state index in [0.29, 0.717) is 18.7 Å². The van der Waals surface area contributed by atoms with Crippen LogP contribution in [0.1, 0.15) is 25.8 Å². The minimum Gasteiger partial charge on any atom is -0.464 e. The van der Waals surface area contributed by atoms with Crippen molar-refractivity contribution in [2.45, 2.75) is 33.2 Å². The molecule has 0 saturated heterocycles. The Bertz CT molecular complexity index is 393. The molecule has 0 aliphatic carbocycles. The Kier molecular flexibility index (Phi) is 4.94. The second kappa shape index (κ2) is 6.23. The molecule has 4 heteroatoms. The van der Waals surface area contributed by atoms with E-state index in [1.807, 2.05) is 13.8 Å². The van der Waals surface area contributed by atoms with E-state index in [0.717, 1.165) is 5.56 Å². The summed E-state index contributed by atoms with van der Waals surface area (Å²) >= 11 is 0. The molecule has 17 heavy (non-hydrogen) atoms. The minimum absolute atomic E-state index is 0.327. The Morgan fingerprint density at radius 2 is 2.18 bits per heavy atom. The Hall–Kier alpha value is -1.58. The molecule has 0 aliphatic rings. The van der Waals surface area contributed by atoms with Crippen LogP contribution in [0.2, 0.25) is 0 Å². The Morgan fingerprint density at radius 3 is 2.71 bits per heavy atom. The monoisotopic (exact) mass is 239 g/mol. The summed E-state index contributed by atoms with van der Waals surface area (Å²) < 4.78 is 18.5. The van der Waals surface area contributed by atoms with Gasteiger partial charge in [-0.05, 0) is 38.0 Å². The number of halogens is 1. The molecule has 0 amide bonds. The van der Waals surface area contributed by atoms with Crippen molar-refractivity contribution < 1.29 is 13.9 Å². The van der Waals surface area contributed by atoms with E-state index in [1.54, 1.807) is 19.1 Å². The van der Waals surface area contributed by atoms with Crippen LogP contribution in [0.5, 0.6) is 0 Å². The van der Waals surface area contributed by atoms with Gasteiger partial charge in [-0.25, -0.2) is 9.18 Å². The third-order valence-electron chi connectivity index (χ3n) is 2.43. The van der Waals surface area contributed by atoms with Crippen LogP contribution in [0.15, 0.2) is 18.2 Å². The van der Waals surface area contributed by atoms with Crippen LogP contribution in [0.4, 0.5) is 10.1 Å². The van der Waals surface area contributed by atoms with Crippen LogP contribution < -0.4 is 5.32 Å². The van der Waals surface area contributed by atoms with Crippen molar-refractivity contribution in [1.29, 1.82) is 0 Å². The molecule has 1 unspecified atom stereocenters. The second-order valence-electron chi connectivity index (χ2n) is 3.84. The summed E-state index contributed by atoms with van der Waals surface area (Å²) in [5.41, 5.74) is 1.17. The summed E-state index contributed by atoms with van der Waals surface area (Å²) in [7, 11) is 0. The maximum Gasteiger partial charge on any atom is 0.328 e. The molecule has 1 aromatic carbocycles. The van der Waals surface area contributed by atoms with Crippen LogP contribution in [0, 0.1) is 12.7 Å². The van der Waals surface area contributed by atoms with Crippen molar-refractivity contribution in [3.05, 3.63) is 29.6 Å². The summed E-state index contributed by atoms with van der Waals surface area (Å²) in [5.74, 6) is -0.706. The van der Waals surface area contributed by atoms with Crippen molar-refractivity contribution >= 4 is 11.7 Å². The number of hydrogen-bond donors (Lipinski definition) is 1. The summed E-state index contributed by atoms with van der Waals surface area (Å²) in [6.07, 6.45) is 0.548. The molecular formula is C13H18FNO2.